The van der Waals surface area contributed by atoms with Crippen molar-refractivity contribution in [2.45, 2.75) is 26.5 Å². The second-order valence-electron chi connectivity index (χ2n) is 5.40. The highest BCUT2D eigenvalue weighted by molar-refractivity contribution is 5.89. The number of nitrogens with one attached hydrogen (secondary N) is 1. The van der Waals surface area contributed by atoms with E-state index >= 15 is 0 Å². The summed E-state index contributed by atoms with van der Waals surface area (Å²) < 4.78 is 7.68. The van der Waals surface area contributed by atoms with Crippen molar-refractivity contribution in [2.75, 3.05) is 25.0 Å². The monoisotopic (exact) mass is 316 g/mol. The SMILES string of the molecule is CCn1cnnc1[C@@H]1CN(C(=O)Nc2ccc(C)nc2)CCO1. The van der Waals surface area contributed by atoms with Crippen LogP contribution >= 0.6 is 0 Å². The van der Waals surface area contributed by atoms with Crippen molar-refractivity contribution in [3.8, 4) is 0 Å². The Morgan fingerprint density at radius 3 is 3.09 bits per heavy atom. The smallest absolute Gasteiger partial charge is 0.322 e. The Morgan fingerprint density at radius 2 is 2.35 bits per heavy atom. The molecule has 8 heteroatoms. The van der Waals surface area contributed by atoms with E-state index in [4.69, 9.17) is 4.74 Å². The first kappa shape index (κ1) is 15.4. The van der Waals surface area contributed by atoms with Gasteiger partial charge >= 0.3 is 6.03 Å². The molecule has 0 spiro atoms. The Balaban J connectivity index is 1.66. The first-order valence-corrected chi connectivity index (χ1v) is 7.65. The molecule has 3 heterocycles. The van der Waals surface area contributed by atoms with E-state index in [-0.39, 0.29) is 12.1 Å². The molecule has 8 nitrogen and oxygen atoms in total. The number of carbonyl (C=O) groups is 1. The van der Waals surface area contributed by atoms with Crippen LogP contribution in [-0.4, -0.2) is 50.4 Å². The van der Waals surface area contributed by atoms with Gasteiger partial charge in [0.2, 0.25) is 0 Å². The molecule has 1 N–H and O–H groups in total. The van der Waals surface area contributed by atoms with Crippen LogP contribution in [0.15, 0.2) is 24.7 Å². The van der Waals surface area contributed by atoms with Crippen LogP contribution in [0.1, 0.15) is 24.5 Å². The molecule has 2 aromatic heterocycles. The minimum atomic E-state index is -0.256. The van der Waals surface area contributed by atoms with E-state index in [0.717, 1.165) is 18.1 Å². The number of aromatic nitrogens is 4. The van der Waals surface area contributed by atoms with Crippen molar-refractivity contribution in [3.63, 3.8) is 0 Å². The Labute approximate surface area is 134 Å². The van der Waals surface area contributed by atoms with Gasteiger partial charge in [-0.1, -0.05) is 0 Å². The van der Waals surface area contributed by atoms with E-state index in [0.29, 0.717) is 25.4 Å². The van der Waals surface area contributed by atoms with E-state index in [2.05, 4.69) is 20.5 Å². The molecule has 2 aromatic rings. The molecule has 1 fully saturated rings. The van der Waals surface area contributed by atoms with Gasteiger partial charge in [0.25, 0.3) is 0 Å². The molecule has 23 heavy (non-hydrogen) atoms. The van der Waals surface area contributed by atoms with Crippen molar-refractivity contribution < 1.29 is 9.53 Å². The maximum Gasteiger partial charge on any atom is 0.322 e. The molecular weight excluding hydrogens is 296 g/mol. The van der Waals surface area contributed by atoms with Gasteiger partial charge in [0.15, 0.2) is 5.82 Å². The Kier molecular flexibility index (Phi) is 4.52. The summed E-state index contributed by atoms with van der Waals surface area (Å²) in [5.41, 5.74) is 1.59. The van der Waals surface area contributed by atoms with Crippen molar-refractivity contribution >= 4 is 11.7 Å². The number of morpholine rings is 1. The quantitative estimate of drug-likeness (QED) is 0.930. The van der Waals surface area contributed by atoms with Gasteiger partial charge < -0.3 is 19.5 Å². The number of pyridine rings is 1. The number of ether oxygens (including phenoxy) is 1. The van der Waals surface area contributed by atoms with Crippen LogP contribution in [0.25, 0.3) is 0 Å². The van der Waals surface area contributed by atoms with Gasteiger partial charge in [0.05, 0.1) is 25.0 Å². The minimum Gasteiger partial charge on any atom is -0.366 e. The van der Waals surface area contributed by atoms with Crippen LogP contribution < -0.4 is 5.32 Å². The number of hydrogen-bond donors (Lipinski definition) is 1. The van der Waals surface area contributed by atoms with Crippen molar-refractivity contribution in [3.05, 3.63) is 36.2 Å². The molecule has 1 atom stereocenters. The van der Waals surface area contributed by atoms with Gasteiger partial charge in [-0.25, -0.2) is 4.79 Å². The third kappa shape index (κ3) is 3.48. The van der Waals surface area contributed by atoms with Gasteiger partial charge in [-0.05, 0) is 26.0 Å². The van der Waals surface area contributed by atoms with Crippen LogP contribution in [0, 0.1) is 6.92 Å². The largest absolute Gasteiger partial charge is 0.366 e. The standard InChI is InChI=1S/C15H20N6O2/c1-3-20-10-17-19-14(20)13-9-21(6-7-23-13)15(22)18-12-5-4-11(2)16-8-12/h4-5,8,10,13H,3,6-7,9H2,1-2H3,(H,18,22)/t13-/m0/s1. The summed E-state index contributed by atoms with van der Waals surface area (Å²) in [5.74, 6) is 0.752. The summed E-state index contributed by atoms with van der Waals surface area (Å²) in [4.78, 5) is 18.3. The van der Waals surface area contributed by atoms with Gasteiger partial charge in [0.1, 0.15) is 12.4 Å². The zero-order chi connectivity index (χ0) is 16.2. The van der Waals surface area contributed by atoms with E-state index in [1.165, 1.54) is 0 Å². The maximum atomic E-state index is 12.4. The fourth-order valence-corrected chi connectivity index (χ4v) is 2.49. The molecule has 122 valence electrons. The van der Waals surface area contributed by atoms with E-state index in [1.54, 1.807) is 17.4 Å². The number of urea groups is 1. The van der Waals surface area contributed by atoms with Crippen LogP contribution in [0.4, 0.5) is 10.5 Å². The molecule has 3 rings (SSSR count). The molecule has 1 aliphatic heterocycles. The highest BCUT2D eigenvalue weighted by atomic mass is 16.5. The summed E-state index contributed by atoms with van der Waals surface area (Å²) in [6.07, 6.45) is 3.07. The third-order valence-electron chi connectivity index (χ3n) is 3.79. The Hall–Kier alpha value is -2.48. The van der Waals surface area contributed by atoms with Crippen LogP contribution in [-0.2, 0) is 11.3 Å². The highest BCUT2D eigenvalue weighted by Gasteiger charge is 2.28. The Morgan fingerprint density at radius 1 is 1.48 bits per heavy atom. The van der Waals surface area contributed by atoms with Gasteiger partial charge in [-0.2, -0.15) is 0 Å². The number of anilines is 1. The second kappa shape index (κ2) is 6.74. The molecule has 0 radical (unpaired) electrons. The molecule has 0 saturated carbocycles. The molecule has 0 unspecified atom stereocenters. The van der Waals surface area contributed by atoms with Gasteiger partial charge in [-0.15, -0.1) is 10.2 Å². The summed E-state index contributed by atoms with van der Waals surface area (Å²) in [7, 11) is 0. The van der Waals surface area contributed by atoms with Crippen molar-refractivity contribution in [1.82, 2.24) is 24.6 Å². The summed E-state index contributed by atoms with van der Waals surface area (Å²) >= 11 is 0. The topological polar surface area (TPSA) is 85.2 Å². The Bertz CT molecular complexity index is 669. The first-order chi connectivity index (χ1) is 11.2. The lowest BCUT2D eigenvalue weighted by molar-refractivity contribution is -0.0199. The van der Waals surface area contributed by atoms with Crippen LogP contribution in [0.5, 0.6) is 0 Å². The number of hydrogen-bond acceptors (Lipinski definition) is 5. The fourth-order valence-electron chi connectivity index (χ4n) is 2.49. The molecule has 0 aliphatic carbocycles. The second-order valence-corrected chi connectivity index (χ2v) is 5.40. The van der Waals surface area contributed by atoms with E-state index in [1.807, 2.05) is 30.5 Å². The average Bonchev–Trinajstić information content (AvgIpc) is 3.06. The van der Waals surface area contributed by atoms with Crippen LogP contribution in [0.3, 0.4) is 0 Å². The fraction of sp³-hybridized carbons (Fsp3) is 0.467. The van der Waals surface area contributed by atoms with Crippen LogP contribution in [0.2, 0.25) is 0 Å². The number of nitrogens with zero attached hydrogens (tertiary/aromatic N) is 5. The average molecular weight is 316 g/mol. The number of aryl methyl sites for hydroxylation is 2. The summed E-state index contributed by atoms with van der Waals surface area (Å²) in [5, 5.41) is 10.9. The predicted molar refractivity (Wildman–Crippen MR) is 84.0 cm³/mol. The van der Waals surface area contributed by atoms with Gasteiger partial charge in [0, 0.05) is 18.8 Å². The lowest BCUT2D eigenvalue weighted by Crippen LogP contribution is -2.44. The highest BCUT2D eigenvalue weighted by Crippen LogP contribution is 2.21. The number of amides is 2. The van der Waals surface area contributed by atoms with Crippen molar-refractivity contribution in [2.24, 2.45) is 0 Å². The molecule has 1 saturated heterocycles. The zero-order valence-corrected chi connectivity index (χ0v) is 13.3. The minimum absolute atomic E-state index is 0.161. The zero-order valence-electron chi connectivity index (χ0n) is 13.3. The first-order valence-electron chi connectivity index (χ1n) is 7.65. The lowest BCUT2D eigenvalue weighted by atomic mass is 10.2. The molecule has 0 bridgehead atoms. The summed E-state index contributed by atoms with van der Waals surface area (Å²) in [6, 6.07) is 3.54. The molecule has 1 aliphatic rings. The van der Waals surface area contributed by atoms with Crippen molar-refractivity contribution in [1.29, 1.82) is 0 Å². The molecule has 2 amide bonds. The van der Waals surface area contributed by atoms with Gasteiger partial charge in [-0.3, -0.25) is 4.98 Å². The predicted octanol–water partition coefficient (Wildman–Crippen LogP) is 1.61. The summed E-state index contributed by atoms with van der Waals surface area (Å²) in [6.45, 7) is 6.16. The van der Waals surface area contributed by atoms with E-state index < -0.39 is 0 Å². The molecule has 0 aromatic carbocycles. The lowest BCUT2D eigenvalue weighted by Gasteiger charge is -2.32. The third-order valence-corrected chi connectivity index (χ3v) is 3.79. The van der Waals surface area contributed by atoms with E-state index in [9.17, 15) is 4.79 Å². The maximum absolute atomic E-state index is 12.4. The number of carbonyl (C=O) groups excluding carboxylic acids is 1. The number of rotatable bonds is 3. The molecular formula is C15H20N6O2. The normalized spacial score (nSPS) is 18.0.